The summed E-state index contributed by atoms with van der Waals surface area (Å²) < 4.78 is 11.5. The molecule has 1 aromatic carbocycles. The Bertz CT molecular complexity index is 645. The van der Waals surface area contributed by atoms with E-state index in [1.165, 1.54) is 0 Å². The number of rotatable bonds is 7. The molecule has 0 spiro atoms. The van der Waals surface area contributed by atoms with Gasteiger partial charge < -0.3 is 25.2 Å². The van der Waals surface area contributed by atoms with Crippen molar-refractivity contribution in [2.75, 3.05) is 46.4 Å². The first-order valence-electron chi connectivity index (χ1n) is 9.14. The van der Waals surface area contributed by atoms with E-state index in [4.69, 9.17) is 9.47 Å². The zero-order valence-corrected chi connectivity index (χ0v) is 16.6. The zero-order chi connectivity index (χ0) is 18.5. The summed E-state index contributed by atoms with van der Waals surface area (Å²) in [4.78, 5) is 3.53. The Kier molecular flexibility index (Phi) is 6.69. The molecule has 2 heterocycles. The van der Waals surface area contributed by atoms with Gasteiger partial charge >= 0.3 is 0 Å². The lowest BCUT2D eigenvalue weighted by Crippen LogP contribution is -2.44. The maximum absolute atomic E-state index is 9.88. The van der Waals surface area contributed by atoms with Gasteiger partial charge in [-0.25, -0.2) is 0 Å². The first kappa shape index (κ1) is 19.4. The summed E-state index contributed by atoms with van der Waals surface area (Å²) in [6.07, 6.45) is -0.486. The summed E-state index contributed by atoms with van der Waals surface area (Å²) in [6.45, 7) is 9.59. The number of benzene rings is 1. The standard InChI is InChI=1S/C19H29N3O3S/c1-13(23)18-14(2)26-19(21-18)15-4-5-16(24-3)17(12-15)25-11-10-22-8-6-20-7-9-22/h4-5,12-13,19-21,23H,6-11H2,1-3H3. The van der Waals surface area contributed by atoms with Gasteiger partial charge in [0.15, 0.2) is 11.5 Å². The largest absolute Gasteiger partial charge is 0.493 e. The third kappa shape index (κ3) is 4.65. The monoisotopic (exact) mass is 379 g/mol. The van der Waals surface area contributed by atoms with Crippen LogP contribution in [-0.2, 0) is 0 Å². The molecule has 2 atom stereocenters. The summed E-state index contributed by atoms with van der Waals surface area (Å²) in [6, 6.07) is 6.04. The highest BCUT2D eigenvalue weighted by Gasteiger charge is 2.26. The van der Waals surface area contributed by atoms with Gasteiger partial charge in [-0.3, -0.25) is 4.90 Å². The Morgan fingerprint density at radius 2 is 2.08 bits per heavy atom. The van der Waals surface area contributed by atoms with Gasteiger partial charge in [-0.15, -0.1) is 0 Å². The van der Waals surface area contributed by atoms with Gasteiger partial charge in [-0.2, -0.15) is 0 Å². The van der Waals surface area contributed by atoms with E-state index in [2.05, 4.69) is 15.5 Å². The van der Waals surface area contributed by atoms with Crippen LogP contribution in [0.4, 0.5) is 0 Å². The normalized spacial score (nSPS) is 22.2. The van der Waals surface area contributed by atoms with Gasteiger partial charge in [-0.05, 0) is 31.5 Å². The number of aliphatic hydroxyl groups is 1. The SMILES string of the molecule is COc1ccc(C2NC(C(C)O)=C(C)S2)cc1OCCN1CCNCC1. The van der Waals surface area contributed by atoms with Crippen LogP contribution in [0, 0.1) is 0 Å². The molecular formula is C19H29N3O3S. The van der Waals surface area contributed by atoms with Crippen LogP contribution >= 0.6 is 11.8 Å². The minimum Gasteiger partial charge on any atom is -0.493 e. The fraction of sp³-hybridized carbons (Fsp3) is 0.579. The molecule has 0 saturated carbocycles. The number of hydrogen-bond donors (Lipinski definition) is 3. The number of nitrogens with zero attached hydrogens (tertiary/aromatic N) is 1. The maximum Gasteiger partial charge on any atom is 0.161 e. The Hall–Kier alpha value is -1.41. The number of piperazine rings is 1. The topological polar surface area (TPSA) is 66.0 Å². The van der Waals surface area contributed by atoms with Crippen LogP contribution in [0.3, 0.4) is 0 Å². The van der Waals surface area contributed by atoms with Gasteiger partial charge in [0.05, 0.1) is 18.9 Å². The van der Waals surface area contributed by atoms with E-state index >= 15 is 0 Å². The molecule has 26 heavy (non-hydrogen) atoms. The Morgan fingerprint density at radius 1 is 1.31 bits per heavy atom. The molecule has 2 aliphatic rings. The van der Waals surface area contributed by atoms with Crippen LogP contribution in [0.2, 0.25) is 0 Å². The second kappa shape index (κ2) is 8.99. The van der Waals surface area contributed by atoms with Crippen LogP contribution in [0.25, 0.3) is 0 Å². The fourth-order valence-corrected chi connectivity index (χ4v) is 4.45. The predicted octanol–water partition coefficient (Wildman–Crippen LogP) is 1.93. The molecule has 6 nitrogen and oxygen atoms in total. The van der Waals surface area contributed by atoms with E-state index in [1.807, 2.05) is 25.1 Å². The third-order valence-corrected chi connectivity index (χ3v) is 5.94. The molecule has 0 aliphatic carbocycles. The average molecular weight is 380 g/mol. The third-order valence-electron chi connectivity index (χ3n) is 4.74. The number of thioether (sulfide) groups is 1. The summed E-state index contributed by atoms with van der Waals surface area (Å²) in [5.74, 6) is 1.52. The smallest absolute Gasteiger partial charge is 0.161 e. The van der Waals surface area contributed by atoms with Crippen molar-refractivity contribution in [3.8, 4) is 11.5 Å². The highest BCUT2D eigenvalue weighted by atomic mass is 32.2. The maximum atomic E-state index is 9.88. The number of methoxy groups -OCH3 is 1. The van der Waals surface area contributed by atoms with Crippen LogP contribution < -0.4 is 20.1 Å². The Balaban J connectivity index is 1.63. The van der Waals surface area contributed by atoms with E-state index in [-0.39, 0.29) is 5.37 Å². The molecule has 144 valence electrons. The molecule has 0 bridgehead atoms. The number of hydrogen-bond acceptors (Lipinski definition) is 7. The molecule has 2 aliphatic heterocycles. The Morgan fingerprint density at radius 3 is 2.73 bits per heavy atom. The van der Waals surface area contributed by atoms with E-state index in [1.54, 1.807) is 25.8 Å². The molecule has 0 amide bonds. The van der Waals surface area contributed by atoms with E-state index in [9.17, 15) is 5.11 Å². The molecule has 1 fully saturated rings. The number of aliphatic hydroxyl groups excluding tert-OH is 1. The van der Waals surface area contributed by atoms with Crippen molar-refractivity contribution >= 4 is 11.8 Å². The van der Waals surface area contributed by atoms with Crippen LogP contribution in [-0.4, -0.2) is 62.6 Å². The van der Waals surface area contributed by atoms with Gasteiger partial charge in [0.1, 0.15) is 12.0 Å². The first-order valence-corrected chi connectivity index (χ1v) is 10.0. The quantitative estimate of drug-likeness (QED) is 0.669. The van der Waals surface area contributed by atoms with Crippen LogP contribution in [0.5, 0.6) is 11.5 Å². The summed E-state index contributed by atoms with van der Waals surface area (Å²) in [7, 11) is 1.66. The fourth-order valence-electron chi connectivity index (χ4n) is 3.27. The van der Waals surface area contributed by atoms with Gasteiger partial charge in [0, 0.05) is 37.6 Å². The first-order chi connectivity index (χ1) is 12.6. The van der Waals surface area contributed by atoms with Crippen LogP contribution in [0.15, 0.2) is 28.8 Å². The molecule has 0 radical (unpaired) electrons. The van der Waals surface area contributed by atoms with E-state index in [0.29, 0.717) is 6.61 Å². The lowest BCUT2D eigenvalue weighted by atomic mass is 10.2. The molecule has 2 unspecified atom stereocenters. The zero-order valence-electron chi connectivity index (χ0n) is 15.7. The van der Waals surface area contributed by atoms with Gasteiger partial charge in [-0.1, -0.05) is 17.8 Å². The van der Waals surface area contributed by atoms with Crippen molar-refractivity contribution in [1.29, 1.82) is 0 Å². The molecule has 1 aromatic rings. The van der Waals surface area contributed by atoms with Crippen LogP contribution in [0.1, 0.15) is 24.8 Å². The minimum atomic E-state index is -0.486. The highest BCUT2D eigenvalue weighted by molar-refractivity contribution is 8.03. The summed E-state index contributed by atoms with van der Waals surface area (Å²) in [5, 5.41) is 16.7. The van der Waals surface area contributed by atoms with E-state index in [0.717, 1.165) is 60.4 Å². The van der Waals surface area contributed by atoms with Crippen molar-refractivity contribution in [1.82, 2.24) is 15.5 Å². The number of allylic oxidation sites excluding steroid dienone is 1. The summed E-state index contributed by atoms with van der Waals surface area (Å²) in [5.41, 5.74) is 2.01. The average Bonchev–Trinajstić information content (AvgIpc) is 3.04. The van der Waals surface area contributed by atoms with Crippen molar-refractivity contribution in [3.63, 3.8) is 0 Å². The van der Waals surface area contributed by atoms with Gasteiger partial charge in [0.2, 0.25) is 0 Å². The lowest BCUT2D eigenvalue weighted by Gasteiger charge is -2.27. The predicted molar refractivity (Wildman–Crippen MR) is 106 cm³/mol. The molecule has 7 heteroatoms. The number of ether oxygens (including phenoxy) is 2. The van der Waals surface area contributed by atoms with Crippen molar-refractivity contribution < 1.29 is 14.6 Å². The lowest BCUT2D eigenvalue weighted by molar-refractivity contribution is 0.188. The highest BCUT2D eigenvalue weighted by Crippen LogP contribution is 2.42. The molecular weight excluding hydrogens is 350 g/mol. The van der Waals surface area contributed by atoms with E-state index < -0.39 is 6.10 Å². The minimum absolute atomic E-state index is 0.0843. The van der Waals surface area contributed by atoms with Crippen molar-refractivity contribution in [3.05, 3.63) is 34.4 Å². The number of nitrogens with one attached hydrogen (secondary N) is 2. The van der Waals surface area contributed by atoms with Gasteiger partial charge in [0.25, 0.3) is 0 Å². The second-order valence-electron chi connectivity index (χ2n) is 6.64. The second-order valence-corrected chi connectivity index (χ2v) is 7.96. The molecule has 3 rings (SSSR count). The molecule has 3 N–H and O–H groups in total. The van der Waals surface area contributed by atoms with Crippen molar-refractivity contribution in [2.24, 2.45) is 0 Å². The summed E-state index contributed by atoms with van der Waals surface area (Å²) >= 11 is 1.72. The molecule has 1 saturated heterocycles. The van der Waals surface area contributed by atoms with Crippen molar-refractivity contribution in [2.45, 2.75) is 25.3 Å². The Labute approximate surface area is 159 Å². The molecule has 0 aromatic heterocycles.